The third kappa shape index (κ3) is 11.6. The lowest BCUT2D eigenvalue weighted by molar-refractivity contribution is -0.384. The average molecular weight is 661 g/mol. The van der Waals surface area contributed by atoms with Gasteiger partial charge in [-0.25, -0.2) is 0 Å². The molecule has 4 aromatic carbocycles. The van der Waals surface area contributed by atoms with E-state index in [1.165, 1.54) is 24.3 Å². The van der Waals surface area contributed by atoms with Gasteiger partial charge in [0.1, 0.15) is 22.7 Å². The third-order valence-electron chi connectivity index (χ3n) is 6.87. The quantitative estimate of drug-likeness (QED) is 0.0460. The first kappa shape index (κ1) is 36.2. The van der Waals surface area contributed by atoms with Crippen molar-refractivity contribution in [3.05, 3.63) is 138 Å². The Morgan fingerprint density at radius 1 is 0.354 bits per heavy atom. The van der Waals surface area contributed by atoms with Crippen LogP contribution in [0.5, 0.6) is 0 Å². The number of nitrogens with zero attached hydrogens (tertiary/aromatic N) is 4. The first-order valence-corrected chi connectivity index (χ1v) is 15.1. The van der Waals surface area contributed by atoms with E-state index in [2.05, 4.69) is 21.3 Å². The van der Waals surface area contributed by atoms with E-state index >= 15 is 0 Å². The summed E-state index contributed by atoms with van der Waals surface area (Å²) in [4.78, 5) is 41.9. The highest BCUT2D eigenvalue weighted by atomic mass is 16.6. The molecule has 48 heavy (non-hydrogen) atoms. The van der Waals surface area contributed by atoms with E-state index in [0.29, 0.717) is 48.9 Å². The molecule has 0 radical (unpaired) electrons. The summed E-state index contributed by atoms with van der Waals surface area (Å²) in [6.45, 7) is 2.35. The summed E-state index contributed by atoms with van der Waals surface area (Å²) >= 11 is 0. The molecule has 0 aliphatic carbocycles. The number of nitro groups is 4. The maximum atomic E-state index is 10.9. The number of hydrogen-bond acceptors (Lipinski definition) is 12. The van der Waals surface area contributed by atoms with Crippen molar-refractivity contribution in [2.45, 2.75) is 25.7 Å². The number of unbranched alkanes of at least 4 members (excludes halogenated alkanes) is 2. The van der Waals surface area contributed by atoms with Crippen LogP contribution in [0.1, 0.15) is 25.7 Å². The molecule has 4 rings (SSSR count). The molecule has 4 N–H and O–H groups in total. The Kier molecular flexibility index (Phi) is 14.5. The fraction of sp³-hybridized carbons (Fsp3) is 0.250. The molecule has 0 bridgehead atoms. The van der Waals surface area contributed by atoms with Crippen LogP contribution in [0.15, 0.2) is 97.1 Å². The van der Waals surface area contributed by atoms with Crippen LogP contribution >= 0.6 is 0 Å². The molecular weight excluding hydrogens is 624 g/mol. The van der Waals surface area contributed by atoms with Gasteiger partial charge in [0.15, 0.2) is 0 Å². The SMILES string of the molecule is O=[N+]([O-])c1ccccc1NCCCCNc1ccccc1[N+](=O)[O-].O=[N+]([O-])c1ccccc1NCCCCNc1ccccc1[N+](=O)[O-]. The van der Waals surface area contributed by atoms with Gasteiger partial charge in [-0.2, -0.15) is 0 Å². The Morgan fingerprint density at radius 2 is 0.542 bits per heavy atom. The predicted octanol–water partition coefficient (Wildman–Crippen LogP) is 7.61. The van der Waals surface area contributed by atoms with Crippen molar-refractivity contribution >= 4 is 45.5 Å². The molecule has 0 spiro atoms. The van der Waals surface area contributed by atoms with Gasteiger partial charge in [0.25, 0.3) is 22.7 Å². The molecule has 0 fully saturated rings. The summed E-state index contributed by atoms with van der Waals surface area (Å²) < 4.78 is 0. The zero-order valence-corrected chi connectivity index (χ0v) is 25.9. The van der Waals surface area contributed by atoms with E-state index in [0.717, 1.165) is 25.7 Å². The minimum atomic E-state index is -0.418. The summed E-state index contributed by atoms with van der Waals surface area (Å²) in [5, 5.41) is 55.8. The summed E-state index contributed by atoms with van der Waals surface area (Å²) in [6, 6.07) is 26.0. The highest BCUT2D eigenvalue weighted by Crippen LogP contribution is 2.26. The molecule has 0 amide bonds. The van der Waals surface area contributed by atoms with Gasteiger partial charge in [-0.1, -0.05) is 48.5 Å². The van der Waals surface area contributed by atoms with Crippen molar-refractivity contribution in [1.29, 1.82) is 0 Å². The predicted molar refractivity (Wildman–Crippen MR) is 185 cm³/mol. The van der Waals surface area contributed by atoms with Gasteiger partial charge >= 0.3 is 0 Å². The van der Waals surface area contributed by atoms with E-state index in [-0.39, 0.29) is 22.7 Å². The average Bonchev–Trinajstić information content (AvgIpc) is 3.08. The van der Waals surface area contributed by atoms with E-state index in [9.17, 15) is 40.5 Å². The zero-order valence-electron chi connectivity index (χ0n) is 25.9. The van der Waals surface area contributed by atoms with Crippen molar-refractivity contribution < 1.29 is 19.7 Å². The van der Waals surface area contributed by atoms with Gasteiger partial charge in [-0.3, -0.25) is 40.5 Å². The number of benzene rings is 4. The molecule has 0 unspecified atom stereocenters. The van der Waals surface area contributed by atoms with E-state index in [4.69, 9.17) is 0 Å². The fourth-order valence-corrected chi connectivity index (χ4v) is 4.52. The van der Waals surface area contributed by atoms with Crippen LogP contribution in [-0.4, -0.2) is 45.9 Å². The van der Waals surface area contributed by atoms with Gasteiger partial charge in [0.2, 0.25) is 0 Å². The lowest BCUT2D eigenvalue weighted by atomic mass is 10.2. The van der Waals surface area contributed by atoms with Crippen molar-refractivity contribution in [2.75, 3.05) is 47.4 Å². The maximum Gasteiger partial charge on any atom is 0.292 e. The van der Waals surface area contributed by atoms with Crippen molar-refractivity contribution in [2.24, 2.45) is 0 Å². The van der Waals surface area contributed by atoms with Crippen LogP contribution in [0.25, 0.3) is 0 Å². The number of nitro benzene ring substituents is 4. The summed E-state index contributed by atoms with van der Waals surface area (Å²) in [5.41, 5.74) is 2.18. The molecule has 16 heteroatoms. The molecule has 0 aliphatic rings. The Labute approximate surface area is 275 Å². The number of nitrogens with one attached hydrogen (secondary N) is 4. The highest BCUT2D eigenvalue weighted by molar-refractivity contribution is 5.63. The standard InChI is InChI=1S/2C16H18N4O4/c2*21-19(22)15-9-3-1-7-13(15)17-11-5-6-12-18-14-8-2-4-10-16(14)20(23)24/h2*1-4,7-10,17-18H,5-6,11-12H2. The molecule has 0 aliphatic heterocycles. The number of anilines is 4. The Balaban J connectivity index is 0.000000260. The summed E-state index contributed by atoms with van der Waals surface area (Å²) in [5.74, 6) is 0. The second kappa shape index (κ2) is 19.3. The van der Waals surface area contributed by atoms with Gasteiger partial charge in [-0.05, 0) is 49.9 Å². The molecule has 252 valence electrons. The van der Waals surface area contributed by atoms with E-state index < -0.39 is 19.7 Å². The molecule has 4 aromatic rings. The van der Waals surface area contributed by atoms with Gasteiger partial charge in [0, 0.05) is 50.4 Å². The monoisotopic (exact) mass is 660 g/mol. The van der Waals surface area contributed by atoms with Crippen LogP contribution in [0, 0.1) is 40.5 Å². The molecule has 16 nitrogen and oxygen atoms in total. The lowest BCUT2D eigenvalue weighted by Crippen LogP contribution is -2.08. The van der Waals surface area contributed by atoms with Crippen molar-refractivity contribution in [3.8, 4) is 0 Å². The Morgan fingerprint density at radius 3 is 0.729 bits per heavy atom. The molecule has 0 atom stereocenters. The van der Waals surface area contributed by atoms with E-state index in [1.807, 2.05) is 0 Å². The molecule has 0 heterocycles. The van der Waals surface area contributed by atoms with Crippen molar-refractivity contribution in [1.82, 2.24) is 0 Å². The lowest BCUT2D eigenvalue weighted by Gasteiger charge is -2.08. The number of para-hydroxylation sites is 8. The third-order valence-corrected chi connectivity index (χ3v) is 6.87. The topological polar surface area (TPSA) is 221 Å². The first-order chi connectivity index (χ1) is 23.2. The Bertz CT molecular complexity index is 1440. The minimum Gasteiger partial charge on any atom is -0.379 e. The normalized spacial score (nSPS) is 10.2. The fourth-order valence-electron chi connectivity index (χ4n) is 4.52. The van der Waals surface area contributed by atoms with Gasteiger partial charge < -0.3 is 21.3 Å². The molecular formula is C32H36N8O8. The van der Waals surface area contributed by atoms with E-state index in [1.54, 1.807) is 72.8 Å². The zero-order chi connectivity index (χ0) is 34.7. The van der Waals surface area contributed by atoms with Crippen LogP contribution < -0.4 is 21.3 Å². The summed E-state index contributed by atoms with van der Waals surface area (Å²) in [7, 11) is 0. The largest absolute Gasteiger partial charge is 0.379 e. The van der Waals surface area contributed by atoms with Crippen LogP contribution in [0.3, 0.4) is 0 Å². The van der Waals surface area contributed by atoms with Crippen LogP contribution in [-0.2, 0) is 0 Å². The van der Waals surface area contributed by atoms with Gasteiger partial charge in [-0.15, -0.1) is 0 Å². The van der Waals surface area contributed by atoms with Crippen molar-refractivity contribution in [3.63, 3.8) is 0 Å². The van der Waals surface area contributed by atoms with Gasteiger partial charge in [0.05, 0.1) is 19.7 Å². The minimum absolute atomic E-state index is 0.0514. The second-order valence-electron chi connectivity index (χ2n) is 10.2. The molecule has 0 saturated heterocycles. The molecule has 0 aromatic heterocycles. The second-order valence-corrected chi connectivity index (χ2v) is 10.2. The first-order valence-electron chi connectivity index (χ1n) is 15.1. The van der Waals surface area contributed by atoms with Crippen LogP contribution in [0.4, 0.5) is 45.5 Å². The van der Waals surface area contributed by atoms with Crippen LogP contribution in [0.2, 0.25) is 0 Å². The highest BCUT2D eigenvalue weighted by Gasteiger charge is 2.14. The number of hydrogen-bond donors (Lipinski definition) is 4. The molecule has 0 saturated carbocycles. The summed E-state index contributed by atoms with van der Waals surface area (Å²) in [6.07, 6.45) is 3.11. The maximum absolute atomic E-state index is 10.9. The Hall–Kier alpha value is -6.32. The number of rotatable bonds is 18. The smallest absolute Gasteiger partial charge is 0.292 e.